The van der Waals surface area contributed by atoms with Crippen LogP contribution in [-0.2, 0) is 9.59 Å². The molecule has 0 saturated carbocycles. The second-order valence-corrected chi connectivity index (χ2v) is 6.65. The molecule has 1 atom stereocenters. The first-order valence-corrected chi connectivity index (χ1v) is 8.76. The van der Waals surface area contributed by atoms with Crippen molar-refractivity contribution in [2.45, 2.75) is 40.7 Å². The number of rotatable bonds is 6. The van der Waals surface area contributed by atoms with Crippen molar-refractivity contribution in [2.24, 2.45) is 0 Å². The summed E-state index contributed by atoms with van der Waals surface area (Å²) in [5, 5.41) is 8.75. The van der Waals surface area contributed by atoms with Crippen LogP contribution in [0.1, 0.15) is 29.2 Å². The second kappa shape index (κ2) is 8.52. The van der Waals surface area contributed by atoms with E-state index in [0.29, 0.717) is 0 Å². The minimum atomic E-state index is -0.441. The number of hydrogen-bond acceptors (Lipinski definition) is 3. The maximum absolute atomic E-state index is 12.3. The van der Waals surface area contributed by atoms with Crippen LogP contribution in [0.4, 0.5) is 11.4 Å². The molecule has 0 unspecified atom stereocenters. The quantitative estimate of drug-likeness (QED) is 0.745. The Kier molecular flexibility index (Phi) is 6.39. The van der Waals surface area contributed by atoms with Gasteiger partial charge in [0.25, 0.3) is 0 Å². The summed E-state index contributed by atoms with van der Waals surface area (Å²) in [6.07, 6.45) is 0. The molecule has 0 radical (unpaired) electrons. The van der Waals surface area contributed by atoms with E-state index in [1.54, 1.807) is 6.92 Å². The maximum Gasteiger partial charge on any atom is 0.243 e. The molecule has 0 fully saturated rings. The van der Waals surface area contributed by atoms with Crippen molar-refractivity contribution >= 4 is 23.2 Å². The highest BCUT2D eigenvalue weighted by Crippen LogP contribution is 2.20. The molecule has 0 saturated heterocycles. The van der Waals surface area contributed by atoms with Gasteiger partial charge in [0, 0.05) is 11.4 Å². The molecular formula is C21H27N3O2. The third-order valence-electron chi connectivity index (χ3n) is 4.54. The summed E-state index contributed by atoms with van der Waals surface area (Å²) < 4.78 is 0. The van der Waals surface area contributed by atoms with Crippen molar-refractivity contribution in [1.82, 2.24) is 5.32 Å². The van der Waals surface area contributed by atoms with Crippen molar-refractivity contribution < 1.29 is 9.59 Å². The number of aryl methyl sites for hydroxylation is 3. The molecule has 0 spiro atoms. The Morgan fingerprint density at radius 1 is 0.923 bits per heavy atom. The predicted molar refractivity (Wildman–Crippen MR) is 107 cm³/mol. The monoisotopic (exact) mass is 353 g/mol. The molecule has 2 rings (SSSR count). The molecule has 2 aromatic rings. The van der Waals surface area contributed by atoms with Gasteiger partial charge in [0.2, 0.25) is 11.8 Å². The smallest absolute Gasteiger partial charge is 0.243 e. The normalized spacial score (nSPS) is 11.6. The van der Waals surface area contributed by atoms with Gasteiger partial charge in [0.15, 0.2) is 0 Å². The minimum Gasteiger partial charge on any atom is -0.374 e. The molecule has 2 aromatic carbocycles. The minimum absolute atomic E-state index is 0.0641. The van der Waals surface area contributed by atoms with Crippen LogP contribution in [0.3, 0.4) is 0 Å². The van der Waals surface area contributed by atoms with E-state index in [0.717, 1.165) is 33.6 Å². The third-order valence-corrected chi connectivity index (χ3v) is 4.54. The Morgan fingerprint density at radius 3 is 2.15 bits per heavy atom. The fraction of sp³-hybridized carbons (Fsp3) is 0.333. The van der Waals surface area contributed by atoms with E-state index >= 15 is 0 Å². The lowest BCUT2D eigenvalue weighted by molar-refractivity contribution is -0.124. The topological polar surface area (TPSA) is 70.2 Å². The molecule has 2 amide bonds. The fourth-order valence-electron chi connectivity index (χ4n) is 2.72. The Hall–Kier alpha value is -2.82. The molecule has 0 heterocycles. The molecule has 5 heteroatoms. The van der Waals surface area contributed by atoms with Crippen LogP contribution < -0.4 is 16.0 Å². The van der Waals surface area contributed by atoms with E-state index in [1.165, 1.54) is 0 Å². The summed E-state index contributed by atoms with van der Waals surface area (Å²) >= 11 is 0. The van der Waals surface area contributed by atoms with Crippen molar-refractivity contribution in [1.29, 1.82) is 0 Å². The first kappa shape index (κ1) is 19.5. The molecule has 0 aliphatic rings. The molecule has 138 valence electrons. The lowest BCUT2D eigenvalue weighted by atomic mass is 10.1. The molecular weight excluding hydrogens is 326 g/mol. The van der Waals surface area contributed by atoms with Gasteiger partial charge in [0.1, 0.15) is 6.04 Å². The van der Waals surface area contributed by atoms with Crippen molar-refractivity contribution in [3.8, 4) is 0 Å². The number of hydrogen-bond donors (Lipinski definition) is 3. The zero-order chi connectivity index (χ0) is 19.3. The van der Waals surface area contributed by atoms with E-state index < -0.39 is 6.04 Å². The number of carbonyl (C=O) groups is 2. The number of amides is 2. The van der Waals surface area contributed by atoms with Gasteiger partial charge in [-0.3, -0.25) is 9.59 Å². The van der Waals surface area contributed by atoms with Crippen LogP contribution >= 0.6 is 0 Å². The summed E-state index contributed by atoms with van der Waals surface area (Å²) in [6.45, 7) is 9.64. The molecule has 0 aliphatic carbocycles. The number of para-hydroxylation sites is 1. The maximum atomic E-state index is 12.3. The molecule has 0 bridgehead atoms. The van der Waals surface area contributed by atoms with Gasteiger partial charge >= 0.3 is 0 Å². The highest BCUT2D eigenvalue weighted by Gasteiger charge is 2.15. The lowest BCUT2D eigenvalue weighted by Crippen LogP contribution is -2.41. The van der Waals surface area contributed by atoms with E-state index in [-0.39, 0.29) is 18.4 Å². The lowest BCUT2D eigenvalue weighted by Gasteiger charge is -2.18. The van der Waals surface area contributed by atoms with Crippen molar-refractivity contribution in [3.05, 3.63) is 58.7 Å². The summed E-state index contributed by atoms with van der Waals surface area (Å²) in [5.41, 5.74) is 5.99. The van der Waals surface area contributed by atoms with Crippen LogP contribution in [0.25, 0.3) is 0 Å². The summed E-state index contributed by atoms with van der Waals surface area (Å²) in [5.74, 6) is -0.461. The van der Waals surface area contributed by atoms with E-state index in [2.05, 4.69) is 16.0 Å². The van der Waals surface area contributed by atoms with Gasteiger partial charge in [-0.25, -0.2) is 0 Å². The standard InChI is InChI=1S/C21H27N3O2/c1-13-8-7-11-18(16(13)4)23-17(5)21(26)22-12-19(25)24-20-14(2)9-6-10-15(20)3/h6-11,17,23H,12H2,1-5H3,(H,22,26)(H,24,25)/t17-/m0/s1. The van der Waals surface area contributed by atoms with Crippen LogP contribution in [0.5, 0.6) is 0 Å². The van der Waals surface area contributed by atoms with Crippen LogP contribution in [0, 0.1) is 27.7 Å². The molecule has 26 heavy (non-hydrogen) atoms. The Morgan fingerprint density at radius 2 is 1.50 bits per heavy atom. The second-order valence-electron chi connectivity index (χ2n) is 6.65. The Bertz CT molecular complexity index is 795. The molecule has 5 nitrogen and oxygen atoms in total. The first-order valence-electron chi connectivity index (χ1n) is 8.76. The van der Waals surface area contributed by atoms with Gasteiger partial charge in [-0.05, 0) is 62.9 Å². The summed E-state index contributed by atoms with van der Waals surface area (Å²) in [6, 6.07) is 11.3. The average Bonchev–Trinajstić information content (AvgIpc) is 2.60. The zero-order valence-corrected chi connectivity index (χ0v) is 16.1. The van der Waals surface area contributed by atoms with Gasteiger partial charge in [-0.1, -0.05) is 30.3 Å². The Labute approximate surface area is 155 Å². The van der Waals surface area contributed by atoms with E-state index in [9.17, 15) is 9.59 Å². The summed E-state index contributed by atoms with van der Waals surface area (Å²) in [7, 11) is 0. The fourth-order valence-corrected chi connectivity index (χ4v) is 2.72. The highest BCUT2D eigenvalue weighted by molar-refractivity contribution is 5.96. The predicted octanol–water partition coefficient (Wildman–Crippen LogP) is 3.48. The molecule has 0 aromatic heterocycles. The van der Waals surface area contributed by atoms with E-state index in [4.69, 9.17) is 0 Å². The van der Waals surface area contributed by atoms with Gasteiger partial charge < -0.3 is 16.0 Å². The van der Waals surface area contributed by atoms with Gasteiger partial charge in [-0.15, -0.1) is 0 Å². The third kappa shape index (κ3) is 4.85. The van der Waals surface area contributed by atoms with Crippen molar-refractivity contribution in [2.75, 3.05) is 17.2 Å². The van der Waals surface area contributed by atoms with Crippen LogP contribution in [0.2, 0.25) is 0 Å². The first-order chi connectivity index (χ1) is 12.3. The summed E-state index contributed by atoms with van der Waals surface area (Å²) in [4.78, 5) is 24.4. The van der Waals surface area contributed by atoms with Crippen LogP contribution in [0.15, 0.2) is 36.4 Å². The molecule has 3 N–H and O–H groups in total. The Balaban J connectivity index is 1.89. The largest absolute Gasteiger partial charge is 0.374 e. The van der Waals surface area contributed by atoms with Crippen LogP contribution in [-0.4, -0.2) is 24.4 Å². The molecule has 0 aliphatic heterocycles. The number of benzene rings is 2. The van der Waals surface area contributed by atoms with Crippen molar-refractivity contribution in [3.63, 3.8) is 0 Å². The average molecular weight is 353 g/mol. The number of anilines is 2. The van der Waals surface area contributed by atoms with E-state index in [1.807, 2.05) is 64.1 Å². The van der Waals surface area contributed by atoms with Gasteiger partial charge in [0.05, 0.1) is 6.54 Å². The number of nitrogens with one attached hydrogen (secondary N) is 3. The highest BCUT2D eigenvalue weighted by atomic mass is 16.2. The number of carbonyl (C=O) groups excluding carboxylic acids is 2. The zero-order valence-electron chi connectivity index (χ0n) is 16.1. The SMILES string of the molecule is Cc1cccc(N[C@@H](C)C(=O)NCC(=O)Nc2c(C)cccc2C)c1C. The van der Waals surface area contributed by atoms with Gasteiger partial charge in [-0.2, -0.15) is 0 Å².